The summed E-state index contributed by atoms with van der Waals surface area (Å²) in [6.07, 6.45) is 7.52. The van der Waals surface area contributed by atoms with E-state index in [0.717, 1.165) is 12.8 Å². The lowest BCUT2D eigenvalue weighted by Crippen LogP contribution is -2.41. The molecule has 0 spiro atoms. The van der Waals surface area contributed by atoms with Gasteiger partial charge in [-0.05, 0) is 46.6 Å². The highest BCUT2D eigenvalue weighted by Crippen LogP contribution is 2.38. The molecule has 2 heterocycles. The van der Waals surface area contributed by atoms with E-state index in [-0.39, 0.29) is 0 Å². The van der Waals surface area contributed by atoms with Crippen LogP contribution >= 0.6 is 0 Å². The van der Waals surface area contributed by atoms with Crippen LogP contribution < -0.4 is 0 Å². The second-order valence-electron chi connectivity index (χ2n) is 5.67. The quantitative estimate of drug-likeness (QED) is 0.683. The molecule has 0 radical (unpaired) electrons. The summed E-state index contributed by atoms with van der Waals surface area (Å²) >= 11 is 0. The Hall–Kier alpha value is -0.630. The molecule has 2 bridgehead atoms. The number of carbonyl (C=O) groups excluding carboxylic acids is 1. The number of ketones is 1. The van der Waals surface area contributed by atoms with Gasteiger partial charge in [-0.3, -0.25) is 4.79 Å². The minimum atomic E-state index is 0.337. The predicted molar refractivity (Wildman–Crippen MR) is 66.4 cm³/mol. The lowest BCUT2D eigenvalue weighted by Gasteiger charge is -2.35. The molecule has 2 saturated heterocycles. The normalized spacial score (nSPS) is 33.8. The molecule has 2 fully saturated rings. The van der Waals surface area contributed by atoms with Gasteiger partial charge in [0.2, 0.25) is 0 Å². The van der Waals surface area contributed by atoms with Crippen molar-refractivity contribution in [1.82, 2.24) is 4.90 Å². The fourth-order valence-electron chi connectivity index (χ4n) is 3.15. The maximum atomic E-state index is 12.1. The first kappa shape index (κ1) is 11.8. The molecule has 2 unspecified atom stereocenters. The first-order valence-corrected chi connectivity index (χ1v) is 6.46. The van der Waals surface area contributed by atoms with Crippen LogP contribution in [-0.2, 0) is 4.79 Å². The number of piperidine rings is 1. The molecular formula is C14H23NO. The molecule has 0 aliphatic carbocycles. The van der Waals surface area contributed by atoms with E-state index in [1.807, 2.05) is 0 Å². The van der Waals surface area contributed by atoms with Gasteiger partial charge in [0.05, 0.1) is 0 Å². The van der Waals surface area contributed by atoms with Gasteiger partial charge < -0.3 is 4.90 Å². The Kier molecular flexibility index (Phi) is 3.48. The average Bonchev–Trinajstić information content (AvgIpc) is 2.50. The lowest BCUT2D eigenvalue weighted by molar-refractivity contribution is -0.124. The molecule has 2 heteroatoms. The van der Waals surface area contributed by atoms with Gasteiger partial charge in [-0.15, -0.1) is 0 Å². The van der Waals surface area contributed by atoms with Gasteiger partial charge in [0.1, 0.15) is 5.78 Å². The van der Waals surface area contributed by atoms with E-state index in [9.17, 15) is 4.79 Å². The summed E-state index contributed by atoms with van der Waals surface area (Å²) in [7, 11) is 2.22. The monoisotopic (exact) mass is 221 g/mol. The summed E-state index contributed by atoms with van der Waals surface area (Å²) in [6, 6.07) is 1.36. The Balaban J connectivity index is 1.92. The van der Waals surface area contributed by atoms with Gasteiger partial charge in [-0.1, -0.05) is 11.6 Å². The Morgan fingerprint density at radius 2 is 1.81 bits per heavy atom. The number of fused-ring (bicyclic) bond motifs is 2. The number of carbonyl (C=O) groups is 1. The highest BCUT2D eigenvalue weighted by molar-refractivity contribution is 5.82. The molecule has 0 aromatic rings. The van der Waals surface area contributed by atoms with Crippen LogP contribution in [0.1, 0.15) is 46.0 Å². The van der Waals surface area contributed by atoms with Gasteiger partial charge in [-0.2, -0.15) is 0 Å². The van der Waals surface area contributed by atoms with Crippen LogP contribution in [0, 0.1) is 5.92 Å². The van der Waals surface area contributed by atoms with E-state index in [2.05, 4.69) is 31.9 Å². The summed E-state index contributed by atoms with van der Waals surface area (Å²) in [5, 5.41) is 0. The Morgan fingerprint density at radius 1 is 1.25 bits per heavy atom. The zero-order valence-corrected chi connectivity index (χ0v) is 10.7. The van der Waals surface area contributed by atoms with Gasteiger partial charge in [0, 0.05) is 24.4 Å². The number of hydrogen-bond acceptors (Lipinski definition) is 2. The van der Waals surface area contributed by atoms with E-state index >= 15 is 0 Å². The minimum Gasteiger partial charge on any atom is -0.300 e. The average molecular weight is 221 g/mol. The van der Waals surface area contributed by atoms with Crippen LogP contribution in [0.15, 0.2) is 11.6 Å². The molecule has 0 saturated carbocycles. The molecule has 16 heavy (non-hydrogen) atoms. The van der Waals surface area contributed by atoms with Crippen molar-refractivity contribution >= 4 is 5.78 Å². The van der Waals surface area contributed by atoms with Crippen molar-refractivity contribution in [1.29, 1.82) is 0 Å². The summed E-state index contributed by atoms with van der Waals surface area (Å²) in [4.78, 5) is 14.6. The second kappa shape index (κ2) is 4.70. The van der Waals surface area contributed by atoms with Gasteiger partial charge in [0.25, 0.3) is 0 Å². The van der Waals surface area contributed by atoms with Crippen molar-refractivity contribution in [3.05, 3.63) is 11.6 Å². The van der Waals surface area contributed by atoms with E-state index in [1.165, 1.54) is 18.4 Å². The molecular weight excluding hydrogens is 198 g/mol. The summed E-state index contributed by atoms with van der Waals surface area (Å²) < 4.78 is 0. The van der Waals surface area contributed by atoms with E-state index in [1.54, 1.807) is 0 Å². The zero-order chi connectivity index (χ0) is 11.7. The minimum absolute atomic E-state index is 0.337. The van der Waals surface area contributed by atoms with Crippen LogP contribution in [0.25, 0.3) is 0 Å². The molecule has 2 aliphatic heterocycles. The highest BCUT2D eigenvalue weighted by atomic mass is 16.1. The van der Waals surface area contributed by atoms with E-state index in [4.69, 9.17) is 0 Å². The SMILES string of the molecule is CC(C)=CCC(=O)C1CC2CCC(C1)N2C. The fourth-order valence-corrected chi connectivity index (χ4v) is 3.15. The summed E-state index contributed by atoms with van der Waals surface area (Å²) in [6.45, 7) is 4.12. The molecule has 2 atom stereocenters. The van der Waals surface area contributed by atoms with Crippen molar-refractivity contribution in [2.24, 2.45) is 5.92 Å². The van der Waals surface area contributed by atoms with Crippen LogP contribution in [0.3, 0.4) is 0 Å². The number of hydrogen-bond donors (Lipinski definition) is 0. The number of allylic oxidation sites excluding steroid dienone is 2. The summed E-state index contributed by atoms with van der Waals surface area (Å²) in [5.74, 6) is 0.801. The third kappa shape index (κ3) is 2.37. The van der Waals surface area contributed by atoms with Crippen LogP contribution in [-0.4, -0.2) is 29.8 Å². The third-order valence-electron chi connectivity index (χ3n) is 4.27. The largest absolute Gasteiger partial charge is 0.300 e. The Morgan fingerprint density at radius 3 is 2.31 bits per heavy atom. The Labute approximate surface area is 98.7 Å². The van der Waals surface area contributed by atoms with Crippen LogP contribution in [0.2, 0.25) is 0 Å². The highest BCUT2D eigenvalue weighted by Gasteiger charge is 2.40. The third-order valence-corrected chi connectivity index (χ3v) is 4.27. The van der Waals surface area contributed by atoms with E-state index < -0.39 is 0 Å². The first-order valence-electron chi connectivity index (χ1n) is 6.46. The summed E-state index contributed by atoms with van der Waals surface area (Å²) in [5.41, 5.74) is 1.25. The molecule has 0 amide bonds. The molecule has 90 valence electrons. The molecule has 2 nitrogen and oxygen atoms in total. The smallest absolute Gasteiger partial charge is 0.139 e. The van der Waals surface area contributed by atoms with Crippen molar-refractivity contribution < 1.29 is 4.79 Å². The molecule has 0 aromatic heterocycles. The van der Waals surface area contributed by atoms with Crippen molar-refractivity contribution in [2.45, 2.75) is 58.0 Å². The number of nitrogens with zero attached hydrogens (tertiary/aromatic N) is 1. The zero-order valence-electron chi connectivity index (χ0n) is 10.7. The molecule has 0 N–H and O–H groups in total. The van der Waals surface area contributed by atoms with Crippen LogP contribution in [0.4, 0.5) is 0 Å². The van der Waals surface area contributed by atoms with Gasteiger partial charge >= 0.3 is 0 Å². The Bertz CT molecular complexity index is 290. The van der Waals surface area contributed by atoms with Crippen molar-refractivity contribution in [3.63, 3.8) is 0 Å². The predicted octanol–water partition coefficient (Wildman–Crippen LogP) is 2.78. The van der Waals surface area contributed by atoms with E-state index in [0.29, 0.717) is 30.2 Å². The van der Waals surface area contributed by atoms with Gasteiger partial charge in [0.15, 0.2) is 0 Å². The standard InChI is InChI=1S/C14H23NO/c1-10(2)4-7-14(16)11-8-12-5-6-13(9-11)15(12)3/h4,11-13H,5-9H2,1-3H3. The van der Waals surface area contributed by atoms with Gasteiger partial charge in [-0.25, -0.2) is 0 Å². The maximum Gasteiger partial charge on any atom is 0.139 e. The topological polar surface area (TPSA) is 20.3 Å². The lowest BCUT2D eigenvalue weighted by atomic mass is 9.86. The molecule has 2 aliphatic rings. The van der Waals surface area contributed by atoms with Crippen molar-refractivity contribution in [2.75, 3.05) is 7.05 Å². The maximum absolute atomic E-state index is 12.1. The fraction of sp³-hybridized carbons (Fsp3) is 0.786. The second-order valence-corrected chi connectivity index (χ2v) is 5.67. The number of Topliss-reactive ketones (excluding diaryl/α,β-unsaturated/α-hetero) is 1. The van der Waals surface area contributed by atoms with Crippen LogP contribution in [0.5, 0.6) is 0 Å². The first-order chi connectivity index (χ1) is 7.58. The molecule has 2 rings (SSSR count). The van der Waals surface area contributed by atoms with Crippen molar-refractivity contribution in [3.8, 4) is 0 Å². The number of rotatable bonds is 3. The molecule has 0 aromatic carbocycles.